The molecule has 0 N–H and O–H groups in total. The number of hydrogen-bond donors (Lipinski definition) is 0. The quantitative estimate of drug-likeness (QED) is 0.524. The molecule has 0 radical (unpaired) electrons. The Labute approximate surface area is 130 Å². The summed E-state index contributed by atoms with van der Waals surface area (Å²) in [7, 11) is 0. The maximum absolute atomic E-state index is 12.6. The van der Waals surface area contributed by atoms with Gasteiger partial charge in [0.25, 0.3) is 0 Å². The zero-order valence-electron chi connectivity index (χ0n) is 12.6. The van der Waals surface area contributed by atoms with Gasteiger partial charge in [-0.1, -0.05) is 49.0 Å². The lowest BCUT2D eigenvalue weighted by Gasteiger charge is -2.07. The molecule has 0 unspecified atom stereocenters. The van der Waals surface area contributed by atoms with Gasteiger partial charge in [0.1, 0.15) is 0 Å². The van der Waals surface area contributed by atoms with Crippen LogP contribution in [-0.4, -0.2) is 5.78 Å². The van der Waals surface area contributed by atoms with Gasteiger partial charge in [-0.15, -0.1) is 0 Å². The first kappa shape index (κ1) is 14.2. The van der Waals surface area contributed by atoms with Gasteiger partial charge in [-0.3, -0.25) is 4.79 Å². The summed E-state index contributed by atoms with van der Waals surface area (Å²) in [6.45, 7) is 6.32. The minimum absolute atomic E-state index is 0.101. The molecular formula is C20H18NO+. The highest BCUT2D eigenvalue weighted by molar-refractivity contribution is 5.95. The zero-order chi connectivity index (χ0) is 15.5. The van der Waals surface area contributed by atoms with E-state index in [0.717, 1.165) is 27.7 Å². The number of fused-ring (bicyclic) bond motifs is 1. The summed E-state index contributed by atoms with van der Waals surface area (Å²) >= 11 is 0. The van der Waals surface area contributed by atoms with Crippen molar-refractivity contribution in [3.63, 3.8) is 0 Å². The number of Topliss-reactive ketones (excluding diaryl/α,β-unsaturated/α-hetero) is 1. The van der Waals surface area contributed by atoms with Crippen LogP contribution in [0.3, 0.4) is 0 Å². The SMILES string of the molecule is C=C(C)c1ccc2ccccc2[n+]1CC(=O)c1ccccc1. The molecule has 22 heavy (non-hydrogen) atoms. The average molecular weight is 288 g/mol. The molecule has 0 amide bonds. The van der Waals surface area contributed by atoms with Crippen LogP contribution in [0.1, 0.15) is 23.0 Å². The molecule has 0 saturated carbocycles. The molecule has 0 aliphatic carbocycles. The predicted molar refractivity (Wildman–Crippen MR) is 89.6 cm³/mol. The number of ketones is 1. The molecule has 2 nitrogen and oxygen atoms in total. The van der Waals surface area contributed by atoms with Crippen molar-refractivity contribution < 1.29 is 9.36 Å². The van der Waals surface area contributed by atoms with Gasteiger partial charge >= 0.3 is 0 Å². The Kier molecular flexibility index (Phi) is 3.84. The van der Waals surface area contributed by atoms with Crippen molar-refractivity contribution in [2.75, 3.05) is 0 Å². The number of hydrogen-bond acceptors (Lipinski definition) is 1. The van der Waals surface area contributed by atoms with Crippen molar-refractivity contribution in [1.29, 1.82) is 0 Å². The molecule has 0 bridgehead atoms. The second-order valence-corrected chi connectivity index (χ2v) is 5.43. The number of nitrogens with zero attached hydrogens (tertiary/aromatic N) is 1. The number of allylic oxidation sites excluding steroid dienone is 1. The van der Waals surface area contributed by atoms with Gasteiger partial charge < -0.3 is 0 Å². The van der Waals surface area contributed by atoms with Crippen LogP contribution in [-0.2, 0) is 6.54 Å². The van der Waals surface area contributed by atoms with E-state index in [2.05, 4.69) is 18.7 Å². The van der Waals surface area contributed by atoms with Crippen LogP contribution in [0.5, 0.6) is 0 Å². The van der Waals surface area contributed by atoms with Gasteiger partial charge in [-0.05, 0) is 19.1 Å². The maximum atomic E-state index is 12.6. The van der Waals surface area contributed by atoms with Crippen LogP contribution >= 0.6 is 0 Å². The average Bonchev–Trinajstić information content (AvgIpc) is 2.55. The molecule has 0 spiro atoms. The third-order valence-corrected chi connectivity index (χ3v) is 3.77. The first-order valence-electron chi connectivity index (χ1n) is 7.32. The molecule has 0 aliphatic rings. The van der Waals surface area contributed by atoms with E-state index in [1.165, 1.54) is 0 Å². The lowest BCUT2D eigenvalue weighted by molar-refractivity contribution is -0.659. The number of benzene rings is 2. The monoisotopic (exact) mass is 288 g/mol. The number of carbonyl (C=O) groups excluding carboxylic acids is 1. The molecule has 3 aromatic rings. The number of aromatic nitrogens is 1. The molecule has 1 heterocycles. The summed E-state index contributed by atoms with van der Waals surface area (Å²) in [6, 6.07) is 21.6. The molecule has 3 rings (SSSR count). The third-order valence-electron chi connectivity index (χ3n) is 3.77. The number of pyridine rings is 1. The van der Waals surface area contributed by atoms with E-state index in [0.29, 0.717) is 6.54 Å². The van der Waals surface area contributed by atoms with Crippen molar-refractivity contribution in [1.82, 2.24) is 0 Å². The second-order valence-electron chi connectivity index (χ2n) is 5.43. The van der Waals surface area contributed by atoms with E-state index in [1.54, 1.807) is 0 Å². The van der Waals surface area contributed by atoms with Gasteiger partial charge in [-0.2, -0.15) is 4.57 Å². The van der Waals surface area contributed by atoms with E-state index in [4.69, 9.17) is 0 Å². The van der Waals surface area contributed by atoms with Crippen molar-refractivity contribution >= 4 is 22.3 Å². The topological polar surface area (TPSA) is 20.9 Å². The Morgan fingerprint density at radius 2 is 1.64 bits per heavy atom. The van der Waals surface area contributed by atoms with E-state index in [-0.39, 0.29) is 5.78 Å². The highest BCUT2D eigenvalue weighted by atomic mass is 16.1. The Hall–Kier alpha value is -2.74. The third kappa shape index (κ3) is 2.68. The van der Waals surface area contributed by atoms with E-state index in [9.17, 15) is 4.79 Å². The fraction of sp³-hybridized carbons (Fsp3) is 0.100. The summed E-state index contributed by atoms with van der Waals surface area (Å²) in [5, 5.41) is 1.12. The van der Waals surface area contributed by atoms with Crippen molar-refractivity contribution in [3.05, 3.63) is 84.6 Å². The smallest absolute Gasteiger partial charge is 0.227 e. The molecule has 2 aromatic carbocycles. The van der Waals surface area contributed by atoms with Crippen LogP contribution in [0.2, 0.25) is 0 Å². The Morgan fingerprint density at radius 3 is 2.36 bits per heavy atom. The van der Waals surface area contributed by atoms with Crippen molar-refractivity contribution in [2.45, 2.75) is 13.5 Å². The molecule has 108 valence electrons. The predicted octanol–water partition coefficient (Wildman–Crippen LogP) is 4.04. The molecule has 0 fully saturated rings. The Morgan fingerprint density at radius 1 is 0.955 bits per heavy atom. The molecule has 0 aliphatic heterocycles. The van der Waals surface area contributed by atoms with Gasteiger partial charge in [0, 0.05) is 28.7 Å². The van der Waals surface area contributed by atoms with Crippen LogP contribution < -0.4 is 4.57 Å². The van der Waals surface area contributed by atoms with Crippen LogP contribution in [0.15, 0.2) is 73.3 Å². The molecule has 0 saturated heterocycles. The second kappa shape index (κ2) is 5.94. The Balaban J connectivity index is 2.10. The number of para-hydroxylation sites is 1. The largest absolute Gasteiger partial charge is 0.287 e. The van der Waals surface area contributed by atoms with Crippen molar-refractivity contribution in [3.8, 4) is 0 Å². The van der Waals surface area contributed by atoms with E-state index in [1.807, 2.05) is 66.1 Å². The minimum Gasteiger partial charge on any atom is -0.287 e. The lowest BCUT2D eigenvalue weighted by Crippen LogP contribution is -2.42. The lowest BCUT2D eigenvalue weighted by atomic mass is 10.1. The summed E-state index contributed by atoms with van der Waals surface area (Å²) in [4.78, 5) is 12.6. The highest BCUT2D eigenvalue weighted by Gasteiger charge is 2.20. The number of rotatable bonds is 4. The maximum Gasteiger partial charge on any atom is 0.227 e. The summed E-state index contributed by atoms with van der Waals surface area (Å²) < 4.78 is 2.05. The summed E-state index contributed by atoms with van der Waals surface area (Å²) in [6.07, 6.45) is 0. The van der Waals surface area contributed by atoms with Gasteiger partial charge in [0.05, 0.1) is 0 Å². The fourth-order valence-electron chi connectivity index (χ4n) is 2.66. The van der Waals surface area contributed by atoms with Gasteiger partial charge in [0.2, 0.25) is 23.5 Å². The summed E-state index contributed by atoms with van der Waals surface area (Å²) in [5.74, 6) is 0.101. The van der Waals surface area contributed by atoms with Crippen LogP contribution in [0, 0.1) is 0 Å². The summed E-state index contributed by atoms with van der Waals surface area (Å²) in [5.41, 5.74) is 3.72. The van der Waals surface area contributed by atoms with Crippen LogP contribution in [0.4, 0.5) is 0 Å². The molecule has 2 heteroatoms. The van der Waals surface area contributed by atoms with E-state index < -0.39 is 0 Å². The molecule has 1 aromatic heterocycles. The molecule has 0 atom stereocenters. The van der Waals surface area contributed by atoms with Gasteiger partial charge in [0.15, 0.2) is 0 Å². The van der Waals surface area contributed by atoms with Gasteiger partial charge in [-0.25, -0.2) is 0 Å². The molecular weight excluding hydrogens is 270 g/mol. The zero-order valence-corrected chi connectivity index (χ0v) is 12.6. The van der Waals surface area contributed by atoms with Crippen LogP contribution in [0.25, 0.3) is 16.5 Å². The normalized spacial score (nSPS) is 10.6. The first-order valence-corrected chi connectivity index (χ1v) is 7.32. The standard InChI is InChI=1S/C20H18NO/c1-15(2)18-13-12-16-8-6-7-11-19(16)21(18)14-20(22)17-9-4-3-5-10-17/h3-13H,1,14H2,2H3/q+1. The van der Waals surface area contributed by atoms with Crippen molar-refractivity contribution in [2.24, 2.45) is 0 Å². The highest BCUT2D eigenvalue weighted by Crippen LogP contribution is 2.15. The van der Waals surface area contributed by atoms with E-state index >= 15 is 0 Å². The fourth-order valence-corrected chi connectivity index (χ4v) is 2.66. The Bertz CT molecular complexity index is 850. The minimum atomic E-state index is 0.101. The number of carbonyl (C=O) groups is 1. The first-order chi connectivity index (χ1) is 10.7.